The van der Waals surface area contributed by atoms with Crippen LogP contribution in [0.4, 0.5) is 39.8 Å². The molecule has 0 saturated carbocycles. The van der Waals surface area contributed by atoms with Gasteiger partial charge in [-0.25, -0.2) is 0 Å². The van der Waals surface area contributed by atoms with Crippen LogP contribution in [0, 0.1) is 19.8 Å². The number of anilines is 7. The van der Waals surface area contributed by atoms with E-state index < -0.39 is 0 Å². The van der Waals surface area contributed by atoms with Gasteiger partial charge in [0.15, 0.2) is 0 Å². The summed E-state index contributed by atoms with van der Waals surface area (Å²) in [5.74, 6) is 0.879. The predicted molar refractivity (Wildman–Crippen MR) is 231 cm³/mol. The van der Waals surface area contributed by atoms with Crippen LogP contribution in [0.15, 0.2) is 193 Å². The minimum absolute atomic E-state index is 0.371. The Morgan fingerprint density at radius 2 is 1.06 bits per heavy atom. The second-order valence-corrected chi connectivity index (χ2v) is 14.5. The summed E-state index contributed by atoms with van der Waals surface area (Å²) in [7, 11) is 0. The van der Waals surface area contributed by atoms with Crippen molar-refractivity contribution in [2.24, 2.45) is 5.92 Å². The van der Waals surface area contributed by atoms with Crippen LogP contribution >= 0.6 is 0 Å². The Labute approximate surface area is 322 Å². The summed E-state index contributed by atoms with van der Waals surface area (Å²) in [6, 6.07) is 44.3. The van der Waals surface area contributed by atoms with Gasteiger partial charge in [0.05, 0.1) is 5.70 Å². The fourth-order valence-corrected chi connectivity index (χ4v) is 7.04. The van der Waals surface area contributed by atoms with Gasteiger partial charge in [-0.15, -0.1) is 0 Å². The fraction of sp³-hybridized carbons (Fsp3) is 0.176. The Bertz CT molecular complexity index is 2290. The van der Waals surface area contributed by atoms with Gasteiger partial charge in [-0.2, -0.15) is 0 Å². The molecular weight excluding hydrogens is 655 g/mol. The first-order valence-corrected chi connectivity index (χ1v) is 19.0. The lowest BCUT2D eigenvalue weighted by Crippen LogP contribution is -2.18. The van der Waals surface area contributed by atoms with E-state index in [-0.39, 0.29) is 0 Å². The van der Waals surface area contributed by atoms with Gasteiger partial charge in [-0.3, -0.25) is 0 Å². The van der Waals surface area contributed by atoms with Gasteiger partial charge >= 0.3 is 0 Å². The van der Waals surface area contributed by atoms with Crippen molar-refractivity contribution in [3.63, 3.8) is 0 Å². The zero-order chi connectivity index (χ0) is 37.6. The van der Waals surface area contributed by atoms with Gasteiger partial charge in [0.1, 0.15) is 0 Å². The van der Waals surface area contributed by atoms with Crippen molar-refractivity contribution in [1.82, 2.24) is 0 Å². The molecule has 0 amide bonds. The average molecular weight is 704 g/mol. The average Bonchev–Trinajstić information content (AvgIpc) is 3.21. The number of aryl methyl sites for hydroxylation is 2. The van der Waals surface area contributed by atoms with Crippen LogP contribution in [0.2, 0.25) is 0 Å². The molecule has 0 aromatic heterocycles. The maximum absolute atomic E-state index is 4.21. The van der Waals surface area contributed by atoms with Gasteiger partial charge in [0, 0.05) is 57.5 Å². The molecular formula is C51H49N3. The van der Waals surface area contributed by atoms with Gasteiger partial charge in [-0.05, 0) is 148 Å². The molecule has 2 atom stereocenters. The van der Waals surface area contributed by atoms with Crippen molar-refractivity contribution >= 4 is 39.8 Å². The largest absolute Gasteiger partial charge is 0.311 e. The standard InChI is InChI=1S/C51H49N3/c1-7-40(6)42-19-27-47(28-20-42)54(50-31-29-48(30-32-50)52(43-11-9-8-10-12-43)44-21-13-38(4)14-22-44)51-35-33-49(34-36-51)53(45-23-15-39(5)16-24-45)46-25-17-41(18-26-46)37(2)3/h9,11-17,19-36,40-41H,2,7,18H2,1,3-6H3. The van der Waals surface area contributed by atoms with E-state index in [9.17, 15) is 0 Å². The van der Waals surface area contributed by atoms with E-state index in [2.05, 4.69) is 213 Å². The van der Waals surface area contributed by atoms with Crippen LogP contribution in [0.5, 0.6) is 0 Å². The van der Waals surface area contributed by atoms with Crippen LogP contribution < -0.4 is 14.7 Å². The second kappa shape index (κ2) is 16.2. The zero-order valence-electron chi connectivity index (χ0n) is 32.1. The second-order valence-electron chi connectivity index (χ2n) is 14.5. The summed E-state index contributed by atoms with van der Waals surface area (Å²) in [6.45, 7) is 15.1. The molecule has 0 bridgehead atoms. The van der Waals surface area contributed by atoms with Crippen molar-refractivity contribution in [2.75, 3.05) is 14.7 Å². The smallest absolute Gasteiger partial charge is 0.0551 e. The number of rotatable bonds is 12. The number of nitrogens with zero attached hydrogens (tertiary/aromatic N) is 3. The van der Waals surface area contributed by atoms with E-state index in [0.717, 1.165) is 58.4 Å². The maximum Gasteiger partial charge on any atom is 0.0551 e. The molecule has 268 valence electrons. The van der Waals surface area contributed by atoms with Crippen molar-refractivity contribution in [3.8, 4) is 0 Å². The highest BCUT2D eigenvalue weighted by atomic mass is 15.2. The fourth-order valence-electron chi connectivity index (χ4n) is 7.04. The van der Waals surface area contributed by atoms with E-state index in [0.29, 0.717) is 11.8 Å². The molecule has 0 fully saturated rings. The van der Waals surface area contributed by atoms with E-state index in [1.165, 1.54) is 28.0 Å². The van der Waals surface area contributed by atoms with Crippen LogP contribution in [-0.4, -0.2) is 0 Å². The summed E-state index contributed by atoms with van der Waals surface area (Å²) < 4.78 is 0. The summed E-state index contributed by atoms with van der Waals surface area (Å²) in [5.41, 5.74) is 21.1. The third-order valence-corrected chi connectivity index (χ3v) is 10.5. The van der Waals surface area contributed by atoms with Crippen LogP contribution in [0.3, 0.4) is 0 Å². The lowest BCUT2D eigenvalue weighted by Gasteiger charge is -2.31. The van der Waals surface area contributed by atoms with Gasteiger partial charge in [0.2, 0.25) is 0 Å². The molecule has 2 aliphatic rings. The summed E-state index contributed by atoms with van der Waals surface area (Å²) >= 11 is 0. The Hall–Kier alpha value is -6.24. The SMILES string of the molecule is C=C(C)C1C=CC(N(c2ccc(C)cc2)c2ccc(N(c3ccc(C(C)CC)cc3)c3ccc(N(C4=CC=C=C=C4)c4ccc(C)cc4)cc3)cc2)=CC1. The van der Waals surface area contributed by atoms with Crippen LogP contribution in [0.25, 0.3) is 0 Å². The highest BCUT2D eigenvalue weighted by molar-refractivity contribution is 5.81. The lowest BCUT2D eigenvalue weighted by molar-refractivity contribution is 0.733. The topological polar surface area (TPSA) is 9.72 Å². The number of benzene rings is 5. The molecule has 2 unspecified atom stereocenters. The summed E-state index contributed by atoms with van der Waals surface area (Å²) in [4.78, 5) is 6.97. The van der Waals surface area contributed by atoms with Gasteiger partial charge in [0.25, 0.3) is 0 Å². The molecule has 3 heteroatoms. The first-order chi connectivity index (χ1) is 26.3. The maximum atomic E-state index is 4.21. The zero-order valence-corrected chi connectivity index (χ0v) is 32.1. The van der Waals surface area contributed by atoms with Crippen LogP contribution in [0.1, 0.15) is 56.2 Å². The van der Waals surface area contributed by atoms with Crippen molar-refractivity contribution < 1.29 is 0 Å². The Morgan fingerprint density at radius 3 is 1.44 bits per heavy atom. The molecule has 5 aromatic rings. The minimum atomic E-state index is 0.371. The van der Waals surface area contributed by atoms with E-state index >= 15 is 0 Å². The number of allylic oxidation sites excluding steroid dienone is 7. The third-order valence-electron chi connectivity index (χ3n) is 10.5. The minimum Gasteiger partial charge on any atom is -0.311 e. The monoisotopic (exact) mass is 703 g/mol. The van der Waals surface area contributed by atoms with Gasteiger partial charge in [-0.1, -0.05) is 97.1 Å². The van der Waals surface area contributed by atoms with Gasteiger partial charge < -0.3 is 14.7 Å². The summed E-state index contributed by atoms with van der Waals surface area (Å²) in [6.07, 6.45) is 14.9. The van der Waals surface area contributed by atoms with Crippen molar-refractivity contribution in [1.29, 1.82) is 0 Å². The molecule has 3 nitrogen and oxygen atoms in total. The van der Waals surface area contributed by atoms with E-state index in [4.69, 9.17) is 0 Å². The highest BCUT2D eigenvalue weighted by Crippen LogP contribution is 2.41. The normalized spacial score (nSPS) is 15.0. The molecule has 0 spiro atoms. The third kappa shape index (κ3) is 7.89. The molecule has 0 saturated heterocycles. The highest BCUT2D eigenvalue weighted by Gasteiger charge is 2.20. The lowest BCUT2D eigenvalue weighted by atomic mass is 9.93. The first-order valence-electron chi connectivity index (χ1n) is 19.0. The molecule has 0 heterocycles. The molecule has 0 N–H and O–H groups in total. The van der Waals surface area contributed by atoms with Crippen LogP contribution in [-0.2, 0) is 0 Å². The van der Waals surface area contributed by atoms with Crippen molar-refractivity contribution in [2.45, 2.75) is 53.4 Å². The molecule has 0 radical (unpaired) electrons. The molecule has 54 heavy (non-hydrogen) atoms. The Morgan fingerprint density at radius 1 is 0.630 bits per heavy atom. The quantitative estimate of drug-likeness (QED) is 0.0946. The Balaban J connectivity index is 1.27. The molecule has 0 aliphatic heterocycles. The predicted octanol–water partition coefficient (Wildman–Crippen LogP) is 14.4. The Kier molecular flexibility index (Phi) is 10.8. The first kappa shape index (κ1) is 36.1. The molecule has 2 aliphatic carbocycles. The molecule has 7 rings (SSSR count). The molecule has 5 aromatic carbocycles. The van der Waals surface area contributed by atoms with E-state index in [1.54, 1.807) is 0 Å². The number of hydrogen-bond donors (Lipinski definition) is 0. The summed E-state index contributed by atoms with van der Waals surface area (Å²) in [5, 5.41) is 0. The van der Waals surface area contributed by atoms with E-state index in [1.807, 2.05) is 12.2 Å². The number of hydrogen-bond acceptors (Lipinski definition) is 3. The van der Waals surface area contributed by atoms with Crippen molar-refractivity contribution in [3.05, 3.63) is 209 Å².